The van der Waals surface area contributed by atoms with E-state index in [9.17, 15) is 9.18 Å². The summed E-state index contributed by atoms with van der Waals surface area (Å²) in [4.78, 5) is 22.8. The number of aromatic amines is 1. The highest BCUT2D eigenvalue weighted by molar-refractivity contribution is 8.00. The molecule has 1 N–H and O–H groups in total. The number of rotatable bonds is 6. The van der Waals surface area contributed by atoms with E-state index in [0.29, 0.717) is 12.2 Å². The minimum absolute atomic E-state index is 0.112. The van der Waals surface area contributed by atoms with Crippen molar-refractivity contribution in [3.63, 3.8) is 0 Å². The fourth-order valence-corrected chi connectivity index (χ4v) is 4.66. The number of H-pyrrole nitrogens is 1. The molecule has 1 aliphatic heterocycles. The molecule has 146 valence electrons. The number of hydrogen-bond acceptors (Lipinski definition) is 3. The highest BCUT2D eigenvalue weighted by Gasteiger charge is 2.29. The number of carbonyl (C=O) groups is 1. The van der Waals surface area contributed by atoms with E-state index in [1.54, 1.807) is 23.9 Å². The van der Waals surface area contributed by atoms with E-state index in [0.717, 1.165) is 41.8 Å². The van der Waals surface area contributed by atoms with Gasteiger partial charge >= 0.3 is 0 Å². The van der Waals surface area contributed by atoms with Gasteiger partial charge in [0.1, 0.15) is 11.6 Å². The van der Waals surface area contributed by atoms with Crippen molar-refractivity contribution in [2.75, 3.05) is 12.3 Å². The van der Waals surface area contributed by atoms with Gasteiger partial charge in [0.2, 0.25) is 5.91 Å². The Bertz CT molecular complexity index is 940. The van der Waals surface area contributed by atoms with Gasteiger partial charge in [-0.1, -0.05) is 24.3 Å². The first-order valence-corrected chi connectivity index (χ1v) is 10.7. The van der Waals surface area contributed by atoms with Crippen molar-refractivity contribution in [2.45, 2.75) is 37.5 Å². The highest BCUT2D eigenvalue weighted by atomic mass is 32.2. The lowest BCUT2D eigenvalue weighted by Gasteiger charge is -2.25. The summed E-state index contributed by atoms with van der Waals surface area (Å²) in [5.74, 6) is 1.27. The van der Waals surface area contributed by atoms with Crippen LogP contribution >= 0.6 is 11.8 Å². The maximum absolute atomic E-state index is 13.5. The fraction of sp³-hybridized carbons (Fsp3) is 0.364. The number of aromatic nitrogens is 2. The molecule has 28 heavy (non-hydrogen) atoms. The average molecular weight is 398 g/mol. The van der Waals surface area contributed by atoms with E-state index in [1.165, 1.54) is 6.07 Å². The number of imidazole rings is 1. The van der Waals surface area contributed by atoms with E-state index < -0.39 is 0 Å². The first-order valence-electron chi connectivity index (χ1n) is 9.70. The molecule has 3 aromatic rings. The molecule has 1 fully saturated rings. The fourth-order valence-electron chi connectivity index (χ4n) is 3.84. The molecule has 0 spiro atoms. The van der Waals surface area contributed by atoms with Crippen molar-refractivity contribution in [3.8, 4) is 0 Å². The first kappa shape index (κ1) is 19.0. The number of para-hydroxylation sites is 2. The van der Waals surface area contributed by atoms with Crippen molar-refractivity contribution < 1.29 is 9.18 Å². The van der Waals surface area contributed by atoms with Gasteiger partial charge in [-0.2, -0.15) is 0 Å². The zero-order valence-corrected chi connectivity index (χ0v) is 16.7. The molecule has 0 saturated carbocycles. The number of nitrogens with zero attached hydrogens (tertiary/aromatic N) is 2. The number of amides is 1. The Hall–Kier alpha value is -2.34. The third kappa shape index (κ3) is 4.22. The first-order chi connectivity index (χ1) is 13.6. The molecule has 1 saturated heterocycles. The highest BCUT2D eigenvalue weighted by Crippen LogP contribution is 2.29. The maximum Gasteiger partial charge on any atom is 0.232 e. The van der Waals surface area contributed by atoms with Gasteiger partial charge in [-0.3, -0.25) is 4.79 Å². The lowest BCUT2D eigenvalue weighted by molar-refractivity contribution is -0.129. The molecule has 2 aromatic carbocycles. The summed E-state index contributed by atoms with van der Waals surface area (Å²) in [5, 5.41) is 0.112. The third-order valence-corrected chi connectivity index (χ3v) is 6.44. The predicted octanol–water partition coefficient (Wildman–Crippen LogP) is 4.73. The van der Waals surface area contributed by atoms with Crippen molar-refractivity contribution in [3.05, 3.63) is 65.7 Å². The largest absolute Gasteiger partial charge is 0.341 e. The number of halogens is 1. The monoisotopic (exact) mass is 397 g/mol. The van der Waals surface area contributed by atoms with Crippen LogP contribution in [0.1, 0.15) is 36.4 Å². The summed E-state index contributed by atoms with van der Waals surface area (Å²) >= 11 is 1.61. The molecule has 0 bridgehead atoms. The summed E-state index contributed by atoms with van der Waals surface area (Å²) in [6, 6.07) is 14.8. The van der Waals surface area contributed by atoms with Crippen molar-refractivity contribution in [2.24, 2.45) is 0 Å². The number of thioether (sulfide) groups is 1. The average Bonchev–Trinajstić information content (AvgIpc) is 3.32. The van der Waals surface area contributed by atoms with Gasteiger partial charge in [-0.05, 0) is 56.0 Å². The molecule has 1 amide bonds. The molecule has 4 rings (SSSR count). The molecule has 1 aliphatic rings. The lowest BCUT2D eigenvalue weighted by Crippen LogP contribution is -2.38. The third-order valence-electron chi connectivity index (χ3n) is 5.31. The van der Waals surface area contributed by atoms with Crippen LogP contribution in [0.2, 0.25) is 0 Å². The summed E-state index contributed by atoms with van der Waals surface area (Å²) in [6.45, 7) is 2.86. The van der Waals surface area contributed by atoms with Crippen LogP contribution in [0.3, 0.4) is 0 Å². The second-order valence-corrected chi connectivity index (χ2v) is 8.64. The zero-order chi connectivity index (χ0) is 19.5. The van der Waals surface area contributed by atoms with E-state index >= 15 is 0 Å². The van der Waals surface area contributed by atoms with Crippen molar-refractivity contribution in [1.82, 2.24) is 14.9 Å². The Balaban J connectivity index is 1.35. The van der Waals surface area contributed by atoms with Gasteiger partial charge < -0.3 is 9.88 Å². The molecular weight excluding hydrogens is 373 g/mol. The van der Waals surface area contributed by atoms with Crippen LogP contribution < -0.4 is 0 Å². The topological polar surface area (TPSA) is 49.0 Å². The molecule has 4 nitrogen and oxygen atoms in total. The van der Waals surface area contributed by atoms with Gasteiger partial charge in [0, 0.05) is 12.6 Å². The predicted molar refractivity (Wildman–Crippen MR) is 112 cm³/mol. The van der Waals surface area contributed by atoms with Gasteiger partial charge in [0.25, 0.3) is 0 Å². The van der Waals surface area contributed by atoms with E-state index in [4.69, 9.17) is 0 Å². The summed E-state index contributed by atoms with van der Waals surface area (Å²) in [5.41, 5.74) is 2.92. The van der Waals surface area contributed by atoms with Crippen molar-refractivity contribution >= 4 is 28.7 Å². The molecule has 2 atom stereocenters. The van der Waals surface area contributed by atoms with Crippen LogP contribution in [0.25, 0.3) is 11.0 Å². The van der Waals surface area contributed by atoms with Gasteiger partial charge in [-0.25, -0.2) is 9.37 Å². The minimum atomic E-state index is -0.219. The van der Waals surface area contributed by atoms with Gasteiger partial charge in [0.05, 0.1) is 22.0 Å². The molecule has 0 aliphatic carbocycles. The molecule has 6 heteroatoms. The van der Waals surface area contributed by atoms with E-state index in [1.807, 2.05) is 35.2 Å². The minimum Gasteiger partial charge on any atom is -0.341 e. The SMILES string of the molecule is CC(SCC(=O)N1CCCC1Cc1cccc(F)c1)c1nc2ccccc2[nH]1. The number of fused-ring (bicyclic) bond motifs is 1. The zero-order valence-electron chi connectivity index (χ0n) is 15.9. The van der Waals surface area contributed by atoms with Gasteiger partial charge in [0.15, 0.2) is 0 Å². The number of hydrogen-bond donors (Lipinski definition) is 1. The molecule has 0 radical (unpaired) electrons. The number of benzene rings is 2. The van der Waals surface area contributed by atoms with Crippen LogP contribution in [-0.4, -0.2) is 39.1 Å². The molecule has 2 heterocycles. The number of nitrogens with one attached hydrogen (secondary N) is 1. The van der Waals surface area contributed by atoms with Crippen LogP contribution in [0.15, 0.2) is 48.5 Å². The second-order valence-electron chi connectivity index (χ2n) is 7.31. The maximum atomic E-state index is 13.5. The Morgan fingerprint density at radius 3 is 3.00 bits per heavy atom. The molecular formula is C22H24FN3OS. The van der Waals surface area contributed by atoms with Crippen LogP contribution in [-0.2, 0) is 11.2 Å². The summed E-state index contributed by atoms with van der Waals surface area (Å²) in [6.07, 6.45) is 2.70. The Kier molecular flexibility index (Phi) is 5.67. The smallest absolute Gasteiger partial charge is 0.232 e. The van der Waals surface area contributed by atoms with Crippen LogP contribution in [0.4, 0.5) is 4.39 Å². The normalized spacial score (nSPS) is 17.9. The van der Waals surface area contributed by atoms with Crippen LogP contribution in [0.5, 0.6) is 0 Å². The van der Waals surface area contributed by atoms with E-state index in [2.05, 4.69) is 16.9 Å². The Morgan fingerprint density at radius 2 is 2.18 bits per heavy atom. The second kappa shape index (κ2) is 8.35. The Labute approximate surface area is 168 Å². The molecule has 1 aromatic heterocycles. The summed E-state index contributed by atoms with van der Waals surface area (Å²) in [7, 11) is 0. The van der Waals surface area contributed by atoms with Crippen LogP contribution in [0, 0.1) is 5.82 Å². The van der Waals surface area contributed by atoms with Gasteiger partial charge in [-0.15, -0.1) is 11.8 Å². The summed E-state index contributed by atoms with van der Waals surface area (Å²) < 4.78 is 13.5. The molecule has 2 unspecified atom stereocenters. The number of likely N-dealkylation sites (tertiary alicyclic amines) is 1. The quantitative estimate of drug-likeness (QED) is 0.654. The standard InChI is InChI=1S/C22H24FN3OS/c1-15(22-24-19-9-2-3-10-20(19)25-22)28-14-21(27)26-11-5-8-18(26)13-16-6-4-7-17(23)12-16/h2-4,6-7,9-10,12,15,18H,5,8,11,13-14H2,1H3,(H,24,25). The Morgan fingerprint density at radius 1 is 1.32 bits per heavy atom. The van der Waals surface area contributed by atoms with E-state index in [-0.39, 0.29) is 23.0 Å². The van der Waals surface area contributed by atoms with Crippen molar-refractivity contribution in [1.29, 1.82) is 0 Å². The number of carbonyl (C=O) groups excluding carboxylic acids is 1. The lowest BCUT2D eigenvalue weighted by atomic mass is 10.0.